The molecule has 0 aromatic heterocycles. The van der Waals surface area contributed by atoms with Crippen molar-refractivity contribution < 1.29 is 14.3 Å². The van der Waals surface area contributed by atoms with Crippen molar-refractivity contribution in [1.29, 1.82) is 0 Å². The molecule has 1 aromatic rings. The highest BCUT2D eigenvalue weighted by Crippen LogP contribution is 2.46. The minimum absolute atomic E-state index is 0.00535. The fourth-order valence-electron chi connectivity index (χ4n) is 2.49. The number of carbonyl (C=O) groups excluding carboxylic acids is 2. The van der Waals surface area contributed by atoms with Crippen LogP contribution in [0.5, 0.6) is 5.75 Å². The van der Waals surface area contributed by atoms with Gasteiger partial charge in [0.25, 0.3) is 0 Å². The second-order valence-corrected chi connectivity index (χ2v) is 5.02. The lowest BCUT2D eigenvalue weighted by molar-refractivity contribution is -0.141. The number of ether oxygens (including phenoxy) is 1. The van der Waals surface area contributed by atoms with Gasteiger partial charge in [0.1, 0.15) is 5.75 Å². The first-order valence-electron chi connectivity index (χ1n) is 6.51. The third kappa shape index (κ3) is 2.16. The van der Waals surface area contributed by atoms with E-state index in [0.717, 1.165) is 6.42 Å². The molecule has 1 aromatic carbocycles. The highest BCUT2D eigenvalue weighted by Gasteiger charge is 2.58. The molecular formula is C14H16N2O3. The smallest absolute Gasteiger partial charge is 0.233 e. The summed E-state index contributed by atoms with van der Waals surface area (Å²) >= 11 is 0. The quantitative estimate of drug-likeness (QED) is 0.488. The zero-order valence-corrected chi connectivity index (χ0v) is 10.5. The van der Waals surface area contributed by atoms with Gasteiger partial charge >= 0.3 is 0 Å². The van der Waals surface area contributed by atoms with Crippen LogP contribution in [0.2, 0.25) is 0 Å². The van der Waals surface area contributed by atoms with Gasteiger partial charge in [0.2, 0.25) is 11.8 Å². The van der Waals surface area contributed by atoms with Crippen molar-refractivity contribution in [3.8, 4) is 5.75 Å². The Morgan fingerprint density at radius 2 is 1.89 bits per heavy atom. The van der Waals surface area contributed by atoms with Crippen molar-refractivity contribution in [2.45, 2.75) is 12.8 Å². The lowest BCUT2D eigenvalue weighted by Gasteiger charge is -2.16. The minimum atomic E-state index is -0.0156. The molecule has 3 rings (SSSR count). The highest BCUT2D eigenvalue weighted by atomic mass is 16.5. The largest absolute Gasteiger partial charge is 0.491 e. The first-order valence-corrected chi connectivity index (χ1v) is 6.51. The third-order valence-electron chi connectivity index (χ3n) is 3.66. The van der Waals surface area contributed by atoms with Gasteiger partial charge in [-0.15, -0.1) is 0 Å². The van der Waals surface area contributed by atoms with Gasteiger partial charge in [0.15, 0.2) is 0 Å². The van der Waals surface area contributed by atoms with E-state index in [-0.39, 0.29) is 23.7 Å². The Balaban J connectivity index is 1.46. The van der Waals surface area contributed by atoms with Crippen LogP contribution in [-0.4, -0.2) is 29.9 Å². The standard InChI is InChI=1S/C14H16N2O3/c15-11-4-1-2-5-12(11)19-7-3-6-16-13(17)9-8-10(9)14(16)18/h1-2,4-5,9-10H,3,6-8,15H2. The molecule has 1 aliphatic carbocycles. The predicted octanol–water partition coefficient (Wildman–Crippen LogP) is 1.04. The van der Waals surface area contributed by atoms with E-state index in [1.807, 2.05) is 12.1 Å². The number of piperidine rings is 1. The SMILES string of the molecule is Nc1ccccc1OCCCN1C(=O)C2CC2C1=O. The van der Waals surface area contributed by atoms with Gasteiger partial charge < -0.3 is 10.5 Å². The first-order chi connectivity index (χ1) is 9.18. The van der Waals surface area contributed by atoms with Gasteiger partial charge in [-0.1, -0.05) is 12.1 Å². The number of carbonyl (C=O) groups is 2. The van der Waals surface area contributed by atoms with Gasteiger partial charge in [-0.05, 0) is 25.0 Å². The van der Waals surface area contributed by atoms with Crippen molar-refractivity contribution >= 4 is 17.5 Å². The summed E-state index contributed by atoms with van der Waals surface area (Å²) in [6.07, 6.45) is 1.39. The van der Waals surface area contributed by atoms with Gasteiger partial charge in [-0.2, -0.15) is 0 Å². The molecule has 2 fully saturated rings. The Bertz CT molecular complexity index is 509. The molecule has 1 aliphatic heterocycles. The number of rotatable bonds is 5. The maximum Gasteiger partial charge on any atom is 0.233 e. The molecular weight excluding hydrogens is 244 g/mol. The number of nitrogens with zero attached hydrogens (tertiary/aromatic N) is 1. The summed E-state index contributed by atoms with van der Waals surface area (Å²) in [7, 11) is 0. The van der Waals surface area contributed by atoms with E-state index in [1.165, 1.54) is 4.90 Å². The number of amides is 2. The molecule has 5 nitrogen and oxygen atoms in total. The summed E-state index contributed by atoms with van der Waals surface area (Å²) in [4.78, 5) is 24.8. The zero-order valence-electron chi connectivity index (χ0n) is 10.5. The minimum Gasteiger partial charge on any atom is -0.491 e. The van der Waals surface area contributed by atoms with E-state index >= 15 is 0 Å². The van der Waals surface area contributed by atoms with E-state index in [4.69, 9.17) is 10.5 Å². The zero-order chi connectivity index (χ0) is 13.4. The Hall–Kier alpha value is -2.04. The number of hydrogen-bond acceptors (Lipinski definition) is 4. The molecule has 0 radical (unpaired) electrons. The Kier molecular flexibility index (Phi) is 2.89. The Morgan fingerprint density at radius 3 is 2.58 bits per heavy atom. The van der Waals surface area contributed by atoms with Crippen molar-refractivity contribution in [2.24, 2.45) is 11.8 Å². The third-order valence-corrected chi connectivity index (χ3v) is 3.66. The molecule has 2 amide bonds. The van der Waals surface area contributed by atoms with E-state index in [0.29, 0.717) is 31.0 Å². The number of anilines is 1. The molecule has 1 saturated carbocycles. The second kappa shape index (κ2) is 4.57. The molecule has 2 unspecified atom stereocenters. The van der Waals surface area contributed by atoms with E-state index < -0.39 is 0 Å². The summed E-state index contributed by atoms with van der Waals surface area (Å²) in [6, 6.07) is 7.27. The van der Waals surface area contributed by atoms with Crippen LogP contribution in [0, 0.1) is 11.8 Å². The summed E-state index contributed by atoms with van der Waals surface area (Å²) in [5.74, 6) is 0.601. The van der Waals surface area contributed by atoms with Crippen molar-refractivity contribution in [1.82, 2.24) is 4.90 Å². The first kappa shape index (κ1) is 12.0. The number of benzene rings is 1. The molecule has 2 aliphatic rings. The fourth-order valence-corrected chi connectivity index (χ4v) is 2.49. The number of nitrogen functional groups attached to an aromatic ring is 1. The van der Waals surface area contributed by atoms with E-state index in [2.05, 4.69) is 0 Å². The van der Waals surface area contributed by atoms with E-state index in [1.54, 1.807) is 12.1 Å². The van der Waals surface area contributed by atoms with Gasteiger partial charge in [-0.25, -0.2) is 0 Å². The van der Waals surface area contributed by atoms with Crippen LogP contribution in [0.4, 0.5) is 5.69 Å². The van der Waals surface area contributed by atoms with Crippen LogP contribution < -0.4 is 10.5 Å². The average Bonchev–Trinajstić information content (AvgIpc) is 3.15. The molecule has 0 bridgehead atoms. The number of fused-ring (bicyclic) bond motifs is 1. The van der Waals surface area contributed by atoms with Gasteiger partial charge in [-0.3, -0.25) is 14.5 Å². The topological polar surface area (TPSA) is 72.6 Å². The van der Waals surface area contributed by atoms with Crippen LogP contribution in [0.25, 0.3) is 0 Å². The van der Waals surface area contributed by atoms with Crippen molar-refractivity contribution in [3.05, 3.63) is 24.3 Å². The lowest BCUT2D eigenvalue weighted by atomic mass is 10.3. The normalized spacial score (nSPS) is 24.5. The van der Waals surface area contributed by atoms with Crippen LogP contribution in [0.3, 0.4) is 0 Å². The molecule has 100 valence electrons. The molecule has 2 N–H and O–H groups in total. The summed E-state index contributed by atoms with van der Waals surface area (Å²) in [6.45, 7) is 0.887. The van der Waals surface area contributed by atoms with Crippen LogP contribution in [0.15, 0.2) is 24.3 Å². The maximum absolute atomic E-state index is 11.7. The number of para-hydroxylation sites is 2. The number of likely N-dealkylation sites (tertiary alicyclic amines) is 1. The van der Waals surface area contributed by atoms with Crippen molar-refractivity contribution in [3.63, 3.8) is 0 Å². The molecule has 19 heavy (non-hydrogen) atoms. The predicted molar refractivity (Wildman–Crippen MR) is 69.3 cm³/mol. The van der Waals surface area contributed by atoms with Crippen LogP contribution in [-0.2, 0) is 9.59 Å². The molecule has 0 spiro atoms. The monoisotopic (exact) mass is 260 g/mol. The van der Waals surface area contributed by atoms with Gasteiger partial charge in [0, 0.05) is 6.54 Å². The number of imide groups is 1. The van der Waals surface area contributed by atoms with Gasteiger partial charge in [0.05, 0.1) is 24.1 Å². The molecule has 1 saturated heterocycles. The summed E-state index contributed by atoms with van der Waals surface area (Å²) < 4.78 is 5.53. The number of nitrogens with two attached hydrogens (primary N) is 1. The van der Waals surface area contributed by atoms with Crippen LogP contribution >= 0.6 is 0 Å². The second-order valence-electron chi connectivity index (χ2n) is 5.02. The van der Waals surface area contributed by atoms with E-state index in [9.17, 15) is 9.59 Å². The Morgan fingerprint density at radius 1 is 1.21 bits per heavy atom. The number of hydrogen-bond donors (Lipinski definition) is 1. The molecule has 1 heterocycles. The van der Waals surface area contributed by atoms with Crippen molar-refractivity contribution in [2.75, 3.05) is 18.9 Å². The Labute approximate surface area is 111 Å². The molecule has 2 atom stereocenters. The average molecular weight is 260 g/mol. The summed E-state index contributed by atoms with van der Waals surface area (Å²) in [5, 5.41) is 0. The fraction of sp³-hybridized carbons (Fsp3) is 0.429. The highest BCUT2D eigenvalue weighted by molar-refractivity contribution is 6.08. The lowest BCUT2D eigenvalue weighted by Crippen LogP contribution is -2.34. The maximum atomic E-state index is 11.7. The summed E-state index contributed by atoms with van der Waals surface area (Å²) in [5.41, 5.74) is 6.34. The molecule has 5 heteroatoms. The van der Waals surface area contributed by atoms with Crippen LogP contribution in [0.1, 0.15) is 12.8 Å².